The van der Waals surface area contributed by atoms with Crippen molar-refractivity contribution >= 4 is 12.2 Å². The van der Waals surface area contributed by atoms with Crippen LogP contribution in [-0.4, -0.2) is 31.8 Å². The van der Waals surface area contributed by atoms with E-state index in [0.29, 0.717) is 6.29 Å². The van der Waals surface area contributed by atoms with E-state index in [2.05, 4.69) is 10.6 Å². The van der Waals surface area contributed by atoms with Crippen molar-refractivity contribution in [1.29, 1.82) is 0 Å². The highest BCUT2D eigenvalue weighted by molar-refractivity contribution is 5.83. The maximum absolute atomic E-state index is 11.2. The fourth-order valence-electron chi connectivity index (χ4n) is 1.02. The van der Waals surface area contributed by atoms with Crippen LogP contribution >= 0.6 is 0 Å². The minimum Gasteiger partial charge on any atom is -0.348 e. The summed E-state index contributed by atoms with van der Waals surface area (Å²) in [6.07, 6.45) is 0.672. The second kappa shape index (κ2) is 5.71. The number of rotatable bonds is 5. The molecule has 1 atom stereocenters. The molecule has 0 aliphatic rings. The molecule has 0 saturated heterocycles. The van der Waals surface area contributed by atoms with Gasteiger partial charge in [-0.2, -0.15) is 0 Å². The summed E-state index contributed by atoms with van der Waals surface area (Å²) in [4.78, 5) is 21.2. The third-order valence-electron chi connectivity index (χ3n) is 1.62. The highest BCUT2D eigenvalue weighted by Crippen LogP contribution is 1.99. The summed E-state index contributed by atoms with van der Waals surface area (Å²) >= 11 is 0. The molecular formula is C8H16N2O2. The molecule has 1 unspecified atom stereocenters. The van der Waals surface area contributed by atoms with Crippen LogP contribution in [-0.2, 0) is 9.59 Å². The number of amides is 1. The summed E-state index contributed by atoms with van der Waals surface area (Å²) in [5.41, 5.74) is 0. The van der Waals surface area contributed by atoms with Crippen molar-refractivity contribution in [3.05, 3.63) is 0 Å². The second-order valence-electron chi connectivity index (χ2n) is 2.92. The van der Waals surface area contributed by atoms with Crippen LogP contribution in [0, 0.1) is 5.92 Å². The van der Waals surface area contributed by atoms with Crippen molar-refractivity contribution in [2.75, 3.05) is 13.6 Å². The number of hydrogen-bond acceptors (Lipinski definition) is 3. The molecule has 0 aliphatic heterocycles. The minimum absolute atomic E-state index is 0.0870. The van der Waals surface area contributed by atoms with Crippen molar-refractivity contribution in [3.63, 3.8) is 0 Å². The van der Waals surface area contributed by atoms with Gasteiger partial charge in [-0.25, -0.2) is 0 Å². The summed E-state index contributed by atoms with van der Waals surface area (Å²) in [6.45, 7) is 3.98. The molecule has 0 aromatic carbocycles. The first kappa shape index (κ1) is 11.1. The monoisotopic (exact) mass is 172 g/mol. The summed E-state index contributed by atoms with van der Waals surface area (Å²) in [6, 6.07) is -0.218. The Morgan fingerprint density at radius 3 is 2.42 bits per heavy atom. The summed E-state index contributed by atoms with van der Waals surface area (Å²) in [5, 5.41) is 5.38. The van der Waals surface area contributed by atoms with Crippen LogP contribution in [0.25, 0.3) is 0 Å². The van der Waals surface area contributed by atoms with E-state index in [1.165, 1.54) is 0 Å². The molecule has 0 aromatic heterocycles. The van der Waals surface area contributed by atoms with E-state index in [9.17, 15) is 9.59 Å². The lowest BCUT2D eigenvalue weighted by Gasteiger charge is -2.18. The van der Waals surface area contributed by atoms with Gasteiger partial charge in [-0.1, -0.05) is 13.8 Å². The predicted molar refractivity (Wildman–Crippen MR) is 46.8 cm³/mol. The van der Waals surface area contributed by atoms with Crippen LogP contribution in [0.15, 0.2) is 0 Å². The zero-order chi connectivity index (χ0) is 9.56. The van der Waals surface area contributed by atoms with Crippen molar-refractivity contribution in [3.8, 4) is 0 Å². The molecule has 0 spiro atoms. The lowest BCUT2D eigenvalue weighted by atomic mass is 10.0. The first-order valence-corrected chi connectivity index (χ1v) is 4.02. The number of carbonyl (C=O) groups excluding carboxylic acids is 2. The van der Waals surface area contributed by atoms with Crippen LogP contribution in [0.1, 0.15) is 13.8 Å². The van der Waals surface area contributed by atoms with Gasteiger partial charge in [0.2, 0.25) is 5.91 Å². The first-order chi connectivity index (χ1) is 5.63. The molecule has 1 amide bonds. The molecular weight excluding hydrogens is 156 g/mol. The SMILES string of the molecule is CNC(C(=O)NCC=O)C(C)C. The van der Waals surface area contributed by atoms with Gasteiger partial charge in [0, 0.05) is 0 Å². The summed E-state index contributed by atoms with van der Waals surface area (Å²) in [5.74, 6) is 0.0984. The zero-order valence-corrected chi connectivity index (χ0v) is 7.76. The molecule has 2 N–H and O–H groups in total. The zero-order valence-electron chi connectivity index (χ0n) is 7.76. The van der Waals surface area contributed by atoms with Crippen LogP contribution in [0.4, 0.5) is 0 Å². The molecule has 12 heavy (non-hydrogen) atoms. The number of likely N-dealkylation sites (N-methyl/N-ethyl adjacent to an activating group) is 1. The van der Waals surface area contributed by atoms with Crippen molar-refractivity contribution in [1.82, 2.24) is 10.6 Å². The van der Waals surface area contributed by atoms with E-state index in [0.717, 1.165) is 0 Å². The molecule has 0 rings (SSSR count). The first-order valence-electron chi connectivity index (χ1n) is 4.02. The van der Waals surface area contributed by atoms with E-state index >= 15 is 0 Å². The molecule has 0 bridgehead atoms. The largest absolute Gasteiger partial charge is 0.348 e. The van der Waals surface area contributed by atoms with Gasteiger partial charge < -0.3 is 15.4 Å². The van der Waals surface area contributed by atoms with Crippen LogP contribution in [0.3, 0.4) is 0 Å². The average molecular weight is 172 g/mol. The third kappa shape index (κ3) is 3.48. The second-order valence-corrected chi connectivity index (χ2v) is 2.92. The van der Waals surface area contributed by atoms with Gasteiger partial charge in [-0.15, -0.1) is 0 Å². The normalized spacial score (nSPS) is 12.7. The van der Waals surface area contributed by atoms with E-state index < -0.39 is 0 Å². The Bertz CT molecular complexity index is 157. The Hall–Kier alpha value is -0.900. The average Bonchev–Trinajstić information content (AvgIpc) is 2.01. The molecule has 0 aromatic rings. The quantitative estimate of drug-likeness (QED) is 0.552. The number of hydrogen-bond donors (Lipinski definition) is 2. The van der Waals surface area contributed by atoms with Gasteiger partial charge in [-0.05, 0) is 13.0 Å². The lowest BCUT2D eigenvalue weighted by molar-refractivity contribution is -0.125. The number of nitrogens with one attached hydrogen (secondary N) is 2. The van der Waals surface area contributed by atoms with E-state index in [-0.39, 0.29) is 24.4 Å². The predicted octanol–water partition coefficient (Wildman–Crippen LogP) is -0.455. The van der Waals surface area contributed by atoms with Crippen molar-refractivity contribution in [2.45, 2.75) is 19.9 Å². The molecule has 0 aliphatic carbocycles. The summed E-state index contributed by atoms with van der Waals surface area (Å²) in [7, 11) is 1.73. The smallest absolute Gasteiger partial charge is 0.237 e. The number of carbonyl (C=O) groups is 2. The van der Waals surface area contributed by atoms with Gasteiger partial charge >= 0.3 is 0 Å². The Kier molecular flexibility index (Phi) is 5.28. The standard InChI is InChI=1S/C8H16N2O2/c1-6(2)7(9-3)8(12)10-4-5-11/h5-7,9H,4H2,1-3H3,(H,10,12). The molecule has 4 heteroatoms. The molecule has 0 saturated carbocycles. The Balaban J connectivity index is 3.94. The number of aldehydes is 1. The highest BCUT2D eigenvalue weighted by Gasteiger charge is 2.18. The topological polar surface area (TPSA) is 58.2 Å². The third-order valence-corrected chi connectivity index (χ3v) is 1.62. The van der Waals surface area contributed by atoms with E-state index in [4.69, 9.17) is 0 Å². The van der Waals surface area contributed by atoms with Crippen LogP contribution in [0.5, 0.6) is 0 Å². The summed E-state index contributed by atoms with van der Waals surface area (Å²) < 4.78 is 0. The van der Waals surface area contributed by atoms with Gasteiger partial charge in [0.25, 0.3) is 0 Å². The fraction of sp³-hybridized carbons (Fsp3) is 0.750. The van der Waals surface area contributed by atoms with E-state index in [1.54, 1.807) is 7.05 Å². The van der Waals surface area contributed by atoms with Gasteiger partial charge in [0.1, 0.15) is 6.29 Å². The highest BCUT2D eigenvalue weighted by atomic mass is 16.2. The van der Waals surface area contributed by atoms with Crippen LogP contribution < -0.4 is 10.6 Å². The van der Waals surface area contributed by atoms with Gasteiger partial charge in [0.05, 0.1) is 12.6 Å². The lowest BCUT2D eigenvalue weighted by Crippen LogP contribution is -2.46. The molecule has 0 fully saturated rings. The Morgan fingerprint density at radius 1 is 1.50 bits per heavy atom. The van der Waals surface area contributed by atoms with E-state index in [1.807, 2.05) is 13.8 Å². The van der Waals surface area contributed by atoms with Crippen molar-refractivity contribution < 1.29 is 9.59 Å². The minimum atomic E-state index is -0.218. The molecule has 0 radical (unpaired) electrons. The maximum atomic E-state index is 11.2. The Labute approximate surface area is 72.7 Å². The van der Waals surface area contributed by atoms with Crippen LogP contribution in [0.2, 0.25) is 0 Å². The molecule has 0 heterocycles. The van der Waals surface area contributed by atoms with Crippen molar-refractivity contribution in [2.24, 2.45) is 5.92 Å². The maximum Gasteiger partial charge on any atom is 0.237 e. The Morgan fingerprint density at radius 2 is 2.08 bits per heavy atom. The van der Waals surface area contributed by atoms with Gasteiger partial charge in [0.15, 0.2) is 0 Å². The fourth-order valence-corrected chi connectivity index (χ4v) is 1.02. The molecule has 4 nitrogen and oxygen atoms in total. The molecule has 70 valence electrons. The van der Waals surface area contributed by atoms with Gasteiger partial charge in [-0.3, -0.25) is 4.79 Å².